The largest absolute Gasteiger partial charge is 0.355 e. The summed E-state index contributed by atoms with van der Waals surface area (Å²) in [5, 5.41) is 3.30. The summed E-state index contributed by atoms with van der Waals surface area (Å²) in [6, 6.07) is 6.12. The van der Waals surface area contributed by atoms with Crippen molar-refractivity contribution in [1.82, 2.24) is 5.48 Å². The molecule has 0 heterocycles. The van der Waals surface area contributed by atoms with Crippen LogP contribution in [-0.2, 0) is 9.63 Å². The number of benzene rings is 1. The quantitative estimate of drug-likeness (QED) is 0.457. The van der Waals surface area contributed by atoms with Crippen LogP contribution >= 0.6 is 0 Å². The zero-order valence-corrected chi connectivity index (χ0v) is 13.7. The van der Waals surface area contributed by atoms with E-state index in [1.807, 2.05) is 45.9 Å². The van der Waals surface area contributed by atoms with Crippen LogP contribution in [0.15, 0.2) is 54.3 Å². The van der Waals surface area contributed by atoms with Gasteiger partial charge in [0.2, 0.25) is 0 Å². The van der Waals surface area contributed by atoms with Gasteiger partial charge in [-0.05, 0) is 45.4 Å². The summed E-state index contributed by atoms with van der Waals surface area (Å²) in [4.78, 5) is 17.2. The lowest BCUT2D eigenvalue weighted by Gasteiger charge is -2.16. The van der Waals surface area contributed by atoms with E-state index in [2.05, 4.69) is 23.4 Å². The van der Waals surface area contributed by atoms with Crippen molar-refractivity contribution in [2.45, 2.75) is 27.7 Å². The molecule has 1 amide bonds. The van der Waals surface area contributed by atoms with Gasteiger partial charge in [0.1, 0.15) is 0 Å². The Hall–Kier alpha value is -2.33. The first-order valence-corrected chi connectivity index (χ1v) is 7.29. The predicted molar refractivity (Wildman–Crippen MR) is 91.3 cm³/mol. The monoisotopic (exact) mass is 300 g/mol. The molecule has 0 atom stereocenters. The zero-order valence-electron chi connectivity index (χ0n) is 13.7. The molecule has 0 aromatic heterocycles. The van der Waals surface area contributed by atoms with Crippen molar-refractivity contribution in [2.75, 3.05) is 11.9 Å². The lowest BCUT2D eigenvalue weighted by molar-refractivity contribution is -0.128. The minimum atomic E-state index is -0.313. The van der Waals surface area contributed by atoms with E-state index in [-0.39, 0.29) is 5.91 Å². The maximum atomic E-state index is 12.2. The van der Waals surface area contributed by atoms with Crippen molar-refractivity contribution < 1.29 is 9.63 Å². The number of aryl methyl sites for hydroxylation is 2. The van der Waals surface area contributed by atoms with E-state index < -0.39 is 0 Å². The van der Waals surface area contributed by atoms with Crippen LogP contribution in [0.3, 0.4) is 0 Å². The number of nitrogens with one attached hydrogen (secondary N) is 2. The summed E-state index contributed by atoms with van der Waals surface area (Å²) in [5.41, 5.74) is 6.83. The number of hydrogen-bond acceptors (Lipinski definition) is 3. The number of carbonyl (C=O) groups is 1. The fraction of sp³-hybridized carbons (Fsp3) is 0.278. The SMILES string of the molecule is C=C/C=C(C(=O)NOCC)\C(=C/C)Nc1ccc(C)cc1C. The maximum Gasteiger partial charge on any atom is 0.276 e. The second-order valence-corrected chi connectivity index (χ2v) is 4.83. The molecule has 0 fully saturated rings. The van der Waals surface area contributed by atoms with Crippen LogP contribution in [0.1, 0.15) is 25.0 Å². The number of hydroxylamine groups is 1. The Morgan fingerprint density at radius 2 is 2.09 bits per heavy atom. The van der Waals surface area contributed by atoms with Gasteiger partial charge in [-0.25, -0.2) is 5.48 Å². The molecule has 0 unspecified atom stereocenters. The minimum Gasteiger partial charge on any atom is -0.355 e. The molecule has 22 heavy (non-hydrogen) atoms. The molecule has 1 aromatic rings. The normalized spacial score (nSPS) is 12.0. The Bertz CT molecular complexity index is 601. The first kappa shape index (κ1) is 17.7. The van der Waals surface area contributed by atoms with Gasteiger partial charge < -0.3 is 5.32 Å². The smallest absolute Gasteiger partial charge is 0.276 e. The number of carbonyl (C=O) groups excluding carboxylic acids is 1. The highest BCUT2D eigenvalue weighted by molar-refractivity contribution is 5.98. The molecule has 1 aromatic carbocycles. The molecule has 4 nitrogen and oxygen atoms in total. The number of allylic oxidation sites excluding steroid dienone is 3. The third-order valence-electron chi connectivity index (χ3n) is 3.07. The fourth-order valence-corrected chi connectivity index (χ4v) is 1.99. The molecular formula is C18H24N2O2. The molecule has 2 N–H and O–H groups in total. The predicted octanol–water partition coefficient (Wildman–Crippen LogP) is 3.80. The van der Waals surface area contributed by atoms with Crippen LogP contribution in [0.5, 0.6) is 0 Å². The highest BCUT2D eigenvalue weighted by Gasteiger charge is 2.14. The molecule has 0 radical (unpaired) electrons. The maximum absolute atomic E-state index is 12.2. The Morgan fingerprint density at radius 1 is 1.36 bits per heavy atom. The van der Waals surface area contributed by atoms with Gasteiger partial charge in [-0.2, -0.15) is 0 Å². The van der Waals surface area contributed by atoms with Crippen molar-refractivity contribution in [1.29, 1.82) is 0 Å². The summed E-state index contributed by atoms with van der Waals surface area (Å²) >= 11 is 0. The Kier molecular flexibility index (Phi) is 7.13. The van der Waals surface area contributed by atoms with E-state index in [9.17, 15) is 4.79 Å². The zero-order chi connectivity index (χ0) is 16.5. The molecular weight excluding hydrogens is 276 g/mol. The summed E-state index contributed by atoms with van der Waals surface area (Å²) in [7, 11) is 0. The van der Waals surface area contributed by atoms with Gasteiger partial charge in [-0.3, -0.25) is 9.63 Å². The molecule has 0 aliphatic rings. The molecule has 0 aliphatic heterocycles. The number of amides is 1. The summed E-state index contributed by atoms with van der Waals surface area (Å²) in [5.74, 6) is -0.313. The van der Waals surface area contributed by atoms with Crippen LogP contribution in [0.25, 0.3) is 0 Å². The van der Waals surface area contributed by atoms with Crippen LogP contribution in [-0.4, -0.2) is 12.5 Å². The van der Waals surface area contributed by atoms with Gasteiger partial charge in [0.25, 0.3) is 5.91 Å². The average Bonchev–Trinajstić information content (AvgIpc) is 2.50. The first-order valence-electron chi connectivity index (χ1n) is 7.29. The highest BCUT2D eigenvalue weighted by Crippen LogP contribution is 2.21. The van der Waals surface area contributed by atoms with Gasteiger partial charge >= 0.3 is 0 Å². The van der Waals surface area contributed by atoms with E-state index in [4.69, 9.17) is 4.84 Å². The van der Waals surface area contributed by atoms with E-state index in [0.717, 1.165) is 11.3 Å². The fourth-order valence-electron chi connectivity index (χ4n) is 1.99. The van der Waals surface area contributed by atoms with Crippen LogP contribution < -0.4 is 10.8 Å². The van der Waals surface area contributed by atoms with Gasteiger partial charge in [-0.15, -0.1) is 0 Å². The van der Waals surface area contributed by atoms with E-state index in [1.54, 1.807) is 12.2 Å². The summed E-state index contributed by atoms with van der Waals surface area (Å²) in [6.07, 6.45) is 5.08. The van der Waals surface area contributed by atoms with Crippen LogP contribution in [0.4, 0.5) is 5.69 Å². The molecule has 118 valence electrons. The van der Waals surface area contributed by atoms with E-state index in [1.165, 1.54) is 5.56 Å². The van der Waals surface area contributed by atoms with Crippen molar-refractivity contribution in [3.63, 3.8) is 0 Å². The molecule has 1 rings (SSSR count). The highest BCUT2D eigenvalue weighted by atomic mass is 16.6. The third-order valence-corrected chi connectivity index (χ3v) is 3.07. The van der Waals surface area contributed by atoms with Gasteiger partial charge in [0.15, 0.2) is 0 Å². The molecule has 0 aliphatic carbocycles. The van der Waals surface area contributed by atoms with Crippen molar-refractivity contribution >= 4 is 11.6 Å². The van der Waals surface area contributed by atoms with Crippen LogP contribution in [0.2, 0.25) is 0 Å². The molecule has 0 spiro atoms. The lowest BCUT2D eigenvalue weighted by Crippen LogP contribution is -2.27. The minimum absolute atomic E-state index is 0.313. The topological polar surface area (TPSA) is 50.4 Å². The second-order valence-electron chi connectivity index (χ2n) is 4.83. The molecule has 4 heteroatoms. The Labute approximate surface area is 132 Å². The molecule has 0 saturated carbocycles. The van der Waals surface area contributed by atoms with Crippen molar-refractivity contribution in [2.24, 2.45) is 0 Å². The second kappa shape index (κ2) is 8.85. The van der Waals surface area contributed by atoms with Gasteiger partial charge in [0, 0.05) is 11.4 Å². The lowest BCUT2D eigenvalue weighted by atomic mass is 10.1. The average molecular weight is 300 g/mol. The van der Waals surface area contributed by atoms with Gasteiger partial charge in [0.05, 0.1) is 12.2 Å². The van der Waals surface area contributed by atoms with Gasteiger partial charge in [-0.1, -0.05) is 36.4 Å². The van der Waals surface area contributed by atoms with E-state index >= 15 is 0 Å². The Morgan fingerprint density at radius 3 is 2.64 bits per heavy atom. The molecule has 0 bridgehead atoms. The van der Waals surface area contributed by atoms with E-state index in [0.29, 0.717) is 17.9 Å². The number of anilines is 1. The molecule has 0 saturated heterocycles. The first-order chi connectivity index (χ1) is 10.5. The Balaban J connectivity index is 3.03. The third kappa shape index (κ3) is 4.90. The van der Waals surface area contributed by atoms with Crippen LogP contribution in [0, 0.1) is 13.8 Å². The van der Waals surface area contributed by atoms with Crippen molar-refractivity contribution in [3.05, 3.63) is 65.4 Å². The summed E-state index contributed by atoms with van der Waals surface area (Å²) < 4.78 is 0. The van der Waals surface area contributed by atoms with Crippen molar-refractivity contribution in [3.8, 4) is 0 Å². The number of hydrogen-bond donors (Lipinski definition) is 2. The summed E-state index contributed by atoms with van der Waals surface area (Å²) in [6.45, 7) is 11.8. The number of rotatable bonds is 7. The standard InChI is InChI=1S/C18H24N2O2/c1-6-9-15(18(21)20-22-8-3)16(7-2)19-17-11-10-13(4)12-14(17)5/h6-7,9-12,19H,1,8H2,2-5H3,(H,20,21)/b15-9+,16-7+.